The predicted octanol–water partition coefficient (Wildman–Crippen LogP) is -2.55. The van der Waals surface area contributed by atoms with Gasteiger partial charge in [-0.05, 0) is 0 Å². The summed E-state index contributed by atoms with van der Waals surface area (Å²) in [4.78, 5) is 10.0. The van der Waals surface area contributed by atoms with Crippen LogP contribution < -0.4 is 28.3 Å². The van der Waals surface area contributed by atoms with Crippen LogP contribution in [0.1, 0.15) is 6.92 Å². The lowest BCUT2D eigenvalue weighted by atomic mass is 10.6. The molecule has 98 valence electrons. The number of hydrogen-bond acceptors (Lipinski definition) is 9. The molecule has 9 heteroatoms. The van der Waals surface area contributed by atoms with Crippen molar-refractivity contribution in [2.24, 2.45) is 17.5 Å². The Kier molecular flexibility index (Phi) is 28.9. The Balaban J connectivity index is -0.000000202. The highest BCUT2D eigenvalue weighted by Crippen LogP contribution is 1.71. The summed E-state index contributed by atoms with van der Waals surface area (Å²) in [5, 5.41) is 18.3. The fourth-order valence-electron chi connectivity index (χ4n) is 0.428. The van der Waals surface area contributed by atoms with Crippen molar-refractivity contribution < 1.29 is 9.53 Å². The summed E-state index contributed by atoms with van der Waals surface area (Å²) in [5.41, 5.74) is 2.35. The van der Waals surface area contributed by atoms with Gasteiger partial charge in [0, 0.05) is 13.5 Å². The topological polar surface area (TPSA) is 176 Å². The molecule has 0 aromatic rings. The average Bonchev–Trinajstić information content (AvgIpc) is 2.33. The molecule has 17 heavy (non-hydrogen) atoms. The van der Waals surface area contributed by atoms with Crippen molar-refractivity contribution in [3.05, 3.63) is 0 Å². The number of ether oxygens (including phenoxy) is 1. The maximum atomic E-state index is 10.0. The summed E-state index contributed by atoms with van der Waals surface area (Å²) in [6.45, 7) is 2.71. The molecule has 0 bridgehead atoms. The lowest BCUT2D eigenvalue weighted by Gasteiger charge is -1.97. The minimum absolute atomic E-state index is 0.258. The molecular weight excluding hydrogens is 226 g/mol. The van der Waals surface area contributed by atoms with Crippen LogP contribution in [0.2, 0.25) is 0 Å². The molecule has 0 aromatic carbocycles. The number of esters is 1. The molecule has 0 amide bonds. The molecule has 0 aliphatic rings. The average molecular weight is 245 g/mol. The third-order valence-corrected chi connectivity index (χ3v) is 0.960. The molecule has 0 fully saturated rings. The lowest BCUT2D eigenvalue weighted by Crippen LogP contribution is -2.26. The van der Waals surface area contributed by atoms with Crippen molar-refractivity contribution in [3.8, 4) is 12.1 Å². The van der Waals surface area contributed by atoms with Gasteiger partial charge in [0.1, 0.15) is 6.61 Å². The number of nitrogens with one attached hydrogen (secondary N) is 2. The van der Waals surface area contributed by atoms with Crippen LogP contribution in [0, 0.1) is 22.7 Å². The second-order valence-electron chi connectivity index (χ2n) is 2.21. The Morgan fingerprint density at radius 2 is 1.76 bits per heavy atom. The number of hydrazine groups is 2. The zero-order valence-electron chi connectivity index (χ0n) is 9.77. The summed E-state index contributed by atoms with van der Waals surface area (Å²) < 4.78 is 4.50. The number of hydrogen-bond donors (Lipinski definition) is 5. The molecule has 0 heterocycles. The first kappa shape index (κ1) is 20.6. The number of nitrogens with zero attached hydrogens (tertiary/aromatic N) is 2. The fraction of sp³-hybridized carbons (Fsp3) is 0.625. The zero-order valence-corrected chi connectivity index (χ0v) is 9.77. The maximum Gasteiger partial charge on any atom is 0.302 e. The minimum Gasteiger partial charge on any atom is -0.464 e. The number of rotatable bonds is 5. The maximum absolute atomic E-state index is 10.0. The predicted molar refractivity (Wildman–Crippen MR) is 61.3 cm³/mol. The largest absolute Gasteiger partial charge is 0.464 e. The highest BCUT2D eigenvalue weighted by atomic mass is 16.5. The van der Waals surface area contributed by atoms with Crippen molar-refractivity contribution in [2.75, 3.05) is 26.2 Å². The molecule has 0 spiro atoms. The van der Waals surface area contributed by atoms with Gasteiger partial charge in [0.15, 0.2) is 0 Å². The van der Waals surface area contributed by atoms with Crippen molar-refractivity contribution in [3.63, 3.8) is 0 Å². The van der Waals surface area contributed by atoms with Crippen molar-refractivity contribution >= 4 is 5.97 Å². The van der Waals surface area contributed by atoms with Gasteiger partial charge in [-0.15, -0.1) is 0 Å². The quantitative estimate of drug-likeness (QED) is 0.115. The van der Waals surface area contributed by atoms with Gasteiger partial charge in [-0.3, -0.25) is 33.1 Å². The summed E-state index contributed by atoms with van der Waals surface area (Å²) in [5.74, 6) is 12.6. The van der Waals surface area contributed by atoms with Gasteiger partial charge in [-0.1, -0.05) is 0 Å². The smallest absolute Gasteiger partial charge is 0.302 e. The highest BCUT2D eigenvalue weighted by Gasteiger charge is 1.87. The first-order valence-electron chi connectivity index (χ1n) is 4.53. The van der Waals surface area contributed by atoms with Gasteiger partial charge >= 0.3 is 5.97 Å². The van der Waals surface area contributed by atoms with Crippen LogP contribution in [0.15, 0.2) is 0 Å². The second-order valence-corrected chi connectivity index (χ2v) is 2.21. The molecule has 0 saturated heterocycles. The molecule has 0 saturated carbocycles. The third-order valence-electron chi connectivity index (χ3n) is 0.960. The van der Waals surface area contributed by atoms with Crippen LogP contribution in [-0.4, -0.2) is 32.2 Å². The molecular formula is C8H19N7O2. The first-order chi connectivity index (χ1) is 8.18. The number of nitrogens with two attached hydrogens (primary N) is 3. The molecule has 0 radical (unpaired) electrons. The Morgan fingerprint density at radius 3 is 2.06 bits per heavy atom. The Hall–Kier alpha value is -1.75. The van der Waals surface area contributed by atoms with E-state index in [9.17, 15) is 4.79 Å². The van der Waals surface area contributed by atoms with Gasteiger partial charge in [0.2, 0.25) is 0 Å². The Labute approximate surface area is 100 Å². The van der Waals surface area contributed by atoms with Crippen molar-refractivity contribution in [1.82, 2.24) is 10.7 Å². The standard InChI is InChI=1S/C4H5N3.C4H10N2O2.H4N2/c5-1-3-7-4-2-6;1-4(7)8-3-2-6-5;1-2/h7H,3-4H2;6H,2-3,5H2,1H3;1-2H2. The molecule has 0 unspecified atom stereocenters. The number of nitriles is 2. The minimum atomic E-state index is -0.278. The van der Waals surface area contributed by atoms with E-state index >= 15 is 0 Å². The van der Waals surface area contributed by atoms with Gasteiger partial charge in [0.25, 0.3) is 0 Å². The summed E-state index contributed by atoms with van der Waals surface area (Å²) in [7, 11) is 0. The monoisotopic (exact) mass is 245 g/mol. The van der Waals surface area contributed by atoms with E-state index in [0.717, 1.165) is 0 Å². The second kappa shape index (κ2) is 23.8. The van der Waals surface area contributed by atoms with E-state index in [0.29, 0.717) is 13.2 Å². The molecule has 0 atom stereocenters. The first-order valence-corrected chi connectivity index (χ1v) is 4.53. The third kappa shape index (κ3) is 40.7. The van der Waals surface area contributed by atoms with E-state index in [1.807, 2.05) is 12.1 Å². The summed E-state index contributed by atoms with van der Waals surface area (Å²) in [6, 6.07) is 3.68. The molecule has 8 N–H and O–H groups in total. The van der Waals surface area contributed by atoms with Crippen molar-refractivity contribution in [1.29, 1.82) is 10.5 Å². The van der Waals surface area contributed by atoms with Crippen LogP contribution in [0.3, 0.4) is 0 Å². The van der Waals surface area contributed by atoms with Crippen LogP contribution in [0.25, 0.3) is 0 Å². The highest BCUT2D eigenvalue weighted by molar-refractivity contribution is 5.65. The number of carbonyl (C=O) groups is 1. The van der Waals surface area contributed by atoms with Crippen LogP contribution in [0.4, 0.5) is 0 Å². The summed E-state index contributed by atoms with van der Waals surface area (Å²) in [6.07, 6.45) is 0. The van der Waals surface area contributed by atoms with E-state index in [-0.39, 0.29) is 19.1 Å². The van der Waals surface area contributed by atoms with Crippen LogP contribution in [0.5, 0.6) is 0 Å². The molecule has 0 rings (SSSR count). The van der Waals surface area contributed by atoms with Gasteiger partial charge < -0.3 is 4.74 Å². The van der Waals surface area contributed by atoms with Gasteiger partial charge in [0.05, 0.1) is 25.2 Å². The SMILES string of the molecule is CC(=O)OCCNN.N#CCNCC#N.NN. The molecule has 0 aromatic heterocycles. The van der Waals surface area contributed by atoms with Gasteiger partial charge in [-0.25, -0.2) is 0 Å². The van der Waals surface area contributed by atoms with E-state index in [1.165, 1.54) is 6.92 Å². The van der Waals surface area contributed by atoms with Crippen LogP contribution in [-0.2, 0) is 9.53 Å². The van der Waals surface area contributed by atoms with Gasteiger partial charge in [-0.2, -0.15) is 10.5 Å². The molecule has 0 aliphatic carbocycles. The fourth-order valence-corrected chi connectivity index (χ4v) is 0.428. The number of carbonyl (C=O) groups excluding carboxylic acids is 1. The Morgan fingerprint density at radius 1 is 1.29 bits per heavy atom. The molecule has 0 aliphatic heterocycles. The zero-order chi connectivity index (χ0) is 13.9. The van der Waals surface area contributed by atoms with Crippen LogP contribution >= 0.6 is 0 Å². The van der Waals surface area contributed by atoms with Crippen molar-refractivity contribution in [2.45, 2.75) is 6.92 Å². The summed E-state index contributed by atoms with van der Waals surface area (Å²) >= 11 is 0. The van der Waals surface area contributed by atoms with E-state index in [1.54, 1.807) is 0 Å². The lowest BCUT2D eigenvalue weighted by molar-refractivity contribution is -0.140. The molecule has 9 nitrogen and oxygen atoms in total. The van der Waals surface area contributed by atoms with E-state index < -0.39 is 0 Å². The van der Waals surface area contributed by atoms with E-state index in [2.05, 4.69) is 27.2 Å². The normalized spacial score (nSPS) is 7.18. The Bertz CT molecular complexity index is 219. The van der Waals surface area contributed by atoms with E-state index in [4.69, 9.17) is 16.4 Å².